The monoisotopic (exact) mass is 413 g/mol. The number of pyridine rings is 1. The van der Waals surface area contributed by atoms with E-state index in [-0.39, 0.29) is 11.8 Å². The van der Waals surface area contributed by atoms with Gasteiger partial charge in [0.1, 0.15) is 5.15 Å². The Labute approximate surface area is 172 Å². The van der Waals surface area contributed by atoms with Crippen molar-refractivity contribution in [3.63, 3.8) is 0 Å². The Bertz CT molecular complexity index is 1040. The molecule has 144 valence electrons. The summed E-state index contributed by atoms with van der Waals surface area (Å²) in [7, 11) is 0. The van der Waals surface area contributed by atoms with Crippen molar-refractivity contribution in [3.05, 3.63) is 41.8 Å². The summed E-state index contributed by atoms with van der Waals surface area (Å²) in [5.41, 5.74) is 1.41. The Morgan fingerprint density at radius 2 is 1.96 bits per heavy atom. The van der Waals surface area contributed by atoms with Gasteiger partial charge in [0.2, 0.25) is 5.91 Å². The Balaban J connectivity index is 1.28. The molecule has 0 unspecified atom stereocenters. The highest BCUT2D eigenvalue weighted by atomic mass is 35.5. The van der Waals surface area contributed by atoms with Crippen LogP contribution in [0.15, 0.2) is 36.7 Å². The number of halogens is 1. The number of thiazole rings is 1. The molecule has 1 saturated heterocycles. The Morgan fingerprint density at radius 3 is 2.71 bits per heavy atom. The van der Waals surface area contributed by atoms with Gasteiger partial charge in [0.05, 0.1) is 18.1 Å². The normalized spacial score (nSPS) is 18.9. The molecule has 1 aliphatic heterocycles. The zero-order valence-corrected chi connectivity index (χ0v) is 16.9. The van der Waals surface area contributed by atoms with Crippen LogP contribution in [0.2, 0.25) is 5.15 Å². The van der Waals surface area contributed by atoms with Gasteiger partial charge in [-0.05, 0) is 48.8 Å². The van der Waals surface area contributed by atoms with Gasteiger partial charge in [0.15, 0.2) is 5.13 Å². The molecular formula is C21H20ClN3O2S. The average Bonchev–Trinajstić information content (AvgIpc) is 3.14. The number of aromatic nitrogens is 2. The predicted molar refractivity (Wildman–Crippen MR) is 112 cm³/mol. The van der Waals surface area contributed by atoms with Crippen molar-refractivity contribution in [1.82, 2.24) is 9.97 Å². The number of carbonyl (C=O) groups is 1. The number of rotatable bonds is 3. The van der Waals surface area contributed by atoms with Gasteiger partial charge in [-0.2, -0.15) is 0 Å². The molecule has 2 aliphatic rings. The largest absolute Gasteiger partial charge is 0.380 e. The van der Waals surface area contributed by atoms with Gasteiger partial charge in [0, 0.05) is 29.1 Å². The first kappa shape index (κ1) is 18.0. The maximum Gasteiger partial charge on any atom is 0.229 e. The molecule has 1 aliphatic carbocycles. The van der Waals surface area contributed by atoms with Gasteiger partial charge in [0.25, 0.3) is 0 Å². The van der Waals surface area contributed by atoms with Crippen molar-refractivity contribution in [3.8, 4) is 10.4 Å². The third-order valence-electron chi connectivity index (χ3n) is 5.94. The third-order valence-corrected chi connectivity index (χ3v) is 7.11. The van der Waals surface area contributed by atoms with Crippen LogP contribution in [0, 0.1) is 11.3 Å². The minimum Gasteiger partial charge on any atom is -0.380 e. The molecule has 5 rings (SSSR count). The van der Waals surface area contributed by atoms with Gasteiger partial charge in [-0.1, -0.05) is 35.1 Å². The van der Waals surface area contributed by atoms with E-state index in [1.165, 1.54) is 11.3 Å². The molecule has 7 heteroatoms. The minimum absolute atomic E-state index is 0.0777. The molecular weight excluding hydrogens is 394 g/mol. The van der Waals surface area contributed by atoms with Crippen molar-refractivity contribution < 1.29 is 9.53 Å². The van der Waals surface area contributed by atoms with Crippen LogP contribution in [-0.2, 0) is 9.53 Å². The topological polar surface area (TPSA) is 64.1 Å². The summed E-state index contributed by atoms with van der Waals surface area (Å²) in [6, 6.07) is 7.99. The second kappa shape index (κ2) is 7.10. The fourth-order valence-corrected chi connectivity index (χ4v) is 5.09. The lowest BCUT2D eigenvalue weighted by Crippen LogP contribution is -2.46. The van der Waals surface area contributed by atoms with E-state index in [4.69, 9.17) is 16.3 Å². The van der Waals surface area contributed by atoms with Crippen LogP contribution in [0.3, 0.4) is 0 Å². The van der Waals surface area contributed by atoms with Crippen molar-refractivity contribution in [2.75, 3.05) is 18.5 Å². The fourth-order valence-electron chi connectivity index (χ4n) is 4.11. The molecule has 0 bridgehead atoms. The third kappa shape index (κ3) is 3.41. The lowest BCUT2D eigenvalue weighted by atomic mass is 9.69. The summed E-state index contributed by atoms with van der Waals surface area (Å²) < 4.78 is 5.37. The van der Waals surface area contributed by atoms with Crippen LogP contribution in [0.5, 0.6) is 0 Å². The zero-order valence-electron chi connectivity index (χ0n) is 15.3. The lowest BCUT2D eigenvalue weighted by Gasteiger charge is -2.45. The first-order valence-corrected chi connectivity index (χ1v) is 10.7. The second-order valence-corrected chi connectivity index (χ2v) is 9.27. The fraction of sp³-hybridized carbons (Fsp3) is 0.381. The molecule has 1 N–H and O–H groups in total. The highest BCUT2D eigenvalue weighted by Crippen LogP contribution is 2.44. The van der Waals surface area contributed by atoms with Gasteiger partial charge in [-0.15, -0.1) is 0 Å². The first-order valence-electron chi connectivity index (χ1n) is 9.50. The van der Waals surface area contributed by atoms with Crippen LogP contribution in [-0.4, -0.2) is 29.1 Å². The van der Waals surface area contributed by atoms with Gasteiger partial charge < -0.3 is 10.1 Å². The SMILES string of the molecule is O=C(Nc1ncc(-c2ccc3cnc(Cl)cc3c2)s1)C1CCC2(CC1)COC2. The molecule has 1 spiro atoms. The molecule has 1 amide bonds. The summed E-state index contributed by atoms with van der Waals surface area (Å²) in [5, 5.41) is 6.22. The Hall–Kier alpha value is -2.02. The molecule has 1 saturated carbocycles. The van der Waals surface area contributed by atoms with E-state index in [0.29, 0.717) is 15.7 Å². The second-order valence-electron chi connectivity index (χ2n) is 7.85. The van der Waals surface area contributed by atoms with Crippen molar-refractivity contribution >= 4 is 44.7 Å². The predicted octanol–water partition coefficient (Wildman–Crippen LogP) is 5.16. The van der Waals surface area contributed by atoms with Crippen LogP contribution >= 0.6 is 22.9 Å². The van der Waals surface area contributed by atoms with Crippen molar-refractivity contribution in [2.24, 2.45) is 11.3 Å². The molecule has 28 heavy (non-hydrogen) atoms. The van der Waals surface area contributed by atoms with Crippen LogP contribution in [0.4, 0.5) is 5.13 Å². The number of ether oxygens (including phenoxy) is 1. The number of anilines is 1. The van der Waals surface area contributed by atoms with E-state index in [9.17, 15) is 4.79 Å². The lowest BCUT2D eigenvalue weighted by molar-refractivity contribution is -0.143. The van der Waals surface area contributed by atoms with Crippen molar-refractivity contribution in [2.45, 2.75) is 25.7 Å². The summed E-state index contributed by atoms with van der Waals surface area (Å²) in [4.78, 5) is 22.2. The molecule has 1 aromatic carbocycles. The van der Waals surface area contributed by atoms with E-state index in [1.807, 2.05) is 24.4 Å². The van der Waals surface area contributed by atoms with Crippen LogP contribution < -0.4 is 5.32 Å². The maximum absolute atomic E-state index is 12.6. The maximum atomic E-state index is 12.6. The molecule has 2 fully saturated rings. The molecule has 3 heterocycles. The van der Waals surface area contributed by atoms with Gasteiger partial charge in [-0.3, -0.25) is 4.79 Å². The summed E-state index contributed by atoms with van der Waals surface area (Å²) in [6.07, 6.45) is 7.63. The number of benzene rings is 1. The number of hydrogen-bond donors (Lipinski definition) is 1. The van der Waals surface area contributed by atoms with E-state index in [2.05, 4.69) is 21.4 Å². The van der Waals surface area contributed by atoms with E-state index >= 15 is 0 Å². The summed E-state index contributed by atoms with van der Waals surface area (Å²) in [5.74, 6) is 0.168. The van der Waals surface area contributed by atoms with Crippen molar-refractivity contribution in [1.29, 1.82) is 0 Å². The summed E-state index contributed by atoms with van der Waals surface area (Å²) in [6.45, 7) is 1.73. The van der Waals surface area contributed by atoms with E-state index in [0.717, 1.165) is 60.1 Å². The smallest absolute Gasteiger partial charge is 0.229 e. The highest BCUT2D eigenvalue weighted by Gasteiger charge is 2.42. The van der Waals surface area contributed by atoms with Crippen LogP contribution in [0.25, 0.3) is 21.2 Å². The minimum atomic E-state index is 0.0777. The Kier molecular flexibility index (Phi) is 4.57. The summed E-state index contributed by atoms with van der Waals surface area (Å²) >= 11 is 7.50. The number of fused-ring (bicyclic) bond motifs is 1. The van der Waals surface area contributed by atoms with Gasteiger partial charge in [-0.25, -0.2) is 9.97 Å². The number of nitrogens with one attached hydrogen (secondary N) is 1. The number of amides is 1. The molecule has 3 aromatic rings. The number of nitrogens with zero attached hydrogens (tertiary/aromatic N) is 2. The zero-order chi connectivity index (χ0) is 19.1. The number of hydrogen-bond acceptors (Lipinski definition) is 5. The number of carbonyl (C=O) groups excluding carboxylic acids is 1. The standard InChI is InChI=1S/C21H20ClN3O2S/c22-18-8-16-7-14(1-2-15(16)9-23-18)17-10-24-20(28-17)25-19(26)13-3-5-21(6-4-13)11-27-12-21/h1-2,7-10,13H,3-6,11-12H2,(H,24,25,26). The average molecular weight is 414 g/mol. The highest BCUT2D eigenvalue weighted by molar-refractivity contribution is 7.19. The molecule has 2 aromatic heterocycles. The van der Waals surface area contributed by atoms with Gasteiger partial charge >= 0.3 is 0 Å². The molecule has 0 radical (unpaired) electrons. The molecule has 5 nitrogen and oxygen atoms in total. The molecule has 0 atom stereocenters. The van der Waals surface area contributed by atoms with E-state index in [1.54, 1.807) is 6.20 Å². The Morgan fingerprint density at radius 1 is 1.14 bits per heavy atom. The first-order chi connectivity index (χ1) is 13.6. The quantitative estimate of drug-likeness (QED) is 0.602. The van der Waals surface area contributed by atoms with Crippen LogP contribution in [0.1, 0.15) is 25.7 Å². The van der Waals surface area contributed by atoms with E-state index < -0.39 is 0 Å².